The normalized spacial score (nSPS) is 10.3. The number of aryl methyl sites for hydroxylation is 1. The van der Waals surface area contributed by atoms with Crippen LogP contribution < -0.4 is 0 Å². The molecular formula is C11H11N3O2. The van der Waals surface area contributed by atoms with Gasteiger partial charge >= 0.3 is 5.97 Å². The van der Waals surface area contributed by atoms with Gasteiger partial charge in [-0.1, -0.05) is 31.2 Å². The molecule has 0 bridgehead atoms. The van der Waals surface area contributed by atoms with Gasteiger partial charge in [0.25, 0.3) is 0 Å². The molecule has 0 radical (unpaired) electrons. The van der Waals surface area contributed by atoms with Crippen molar-refractivity contribution in [2.24, 2.45) is 0 Å². The van der Waals surface area contributed by atoms with Gasteiger partial charge in [0.15, 0.2) is 5.82 Å². The Bertz CT molecular complexity index is 502. The molecule has 1 heterocycles. The average molecular weight is 217 g/mol. The Labute approximate surface area is 92.2 Å². The Morgan fingerprint density at radius 1 is 1.38 bits per heavy atom. The number of carbonyl (C=O) groups is 1. The summed E-state index contributed by atoms with van der Waals surface area (Å²) in [7, 11) is 0. The molecule has 0 atom stereocenters. The van der Waals surface area contributed by atoms with Crippen LogP contribution in [-0.4, -0.2) is 26.3 Å². The van der Waals surface area contributed by atoms with Crippen molar-refractivity contribution in [1.82, 2.24) is 15.2 Å². The number of carboxylic acid groups (broad SMARTS) is 1. The maximum absolute atomic E-state index is 10.6. The molecule has 0 saturated heterocycles. The largest absolute Gasteiger partial charge is 0.475 e. The first-order valence-electron chi connectivity index (χ1n) is 4.95. The van der Waals surface area contributed by atoms with Gasteiger partial charge in [0, 0.05) is 5.56 Å². The zero-order chi connectivity index (χ0) is 11.5. The maximum Gasteiger partial charge on any atom is 0.373 e. The molecule has 16 heavy (non-hydrogen) atoms. The zero-order valence-corrected chi connectivity index (χ0v) is 8.77. The number of hydrogen-bond acceptors (Lipinski definition) is 3. The van der Waals surface area contributed by atoms with E-state index in [0.717, 1.165) is 12.0 Å². The molecule has 82 valence electrons. The number of aromatic amines is 1. The lowest BCUT2D eigenvalue weighted by Crippen LogP contribution is -1.98. The Morgan fingerprint density at radius 3 is 2.56 bits per heavy atom. The molecule has 0 spiro atoms. The average Bonchev–Trinajstić information content (AvgIpc) is 2.78. The van der Waals surface area contributed by atoms with E-state index in [2.05, 4.69) is 22.1 Å². The highest BCUT2D eigenvalue weighted by molar-refractivity contribution is 5.83. The van der Waals surface area contributed by atoms with Crippen molar-refractivity contribution in [1.29, 1.82) is 0 Å². The SMILES string of the molecule is CCc1ccc(-c2n[nH]c(C(=O)O)n2)cc1. The highest BCUT2D eigenvalue weighted by atomic mass is 16.4. The monoisotopic (exact) mass is 217 g/mol. The van der Waals surface area contributed by atoms with Crippen LogP contribution in [0.4, 0.5) is 0 Å². The van der Waals surface area contributed by atoms with Crippen molar-refractivity contribution in [3.8, 4) is 11.4 Å². The molecular weight excluding hydrogens is 206 g/mol. The van der Waals surface area contributed by atoms with E-state index in [-0.39, 0.29) is 5.82 Å². The third-order valence-corrected chi connectivity index (χ3v) is 2.31. The molecule has 5 heteroatoms. The molecule has 0 fully saturated rings. The predicted octanol–water partition coefficient (Wildman–Crippen LogP) is 1.73. The minimum absolute atomic E-state index is 0.144. The number of aromatic carboxylic acids is 1. The van der Waals surface area contributed by atoms with E-state index < -0.39 is 5.97 Å². The van der Waals surface area contributed by atoms with Crippen molar-refractivity contribution in [2.75, 3.05) is 0 Å². The Hall–Kier alpha value is -2.17. The molecule has 1 aromatic carbocycles. The van der Waals surface area contributed by atoms with Gasteiger partial charge in [-0.25, -0.2) is 9.78 Å². The van der Waals surface area contributed by atoms with Crippen molar-refractivity contribution in [2.45, 2.75) is 13.3 Å². The summed E-state index contributed by atoms with van der Waals surface area (Å²) in [5.41, 5.74) is 2.03. The summed E-state index contributed by atoms with van der Waals surface area (Å²) in [6.45, 7) is 2.07. The third kappa shape index (κ3) is 1.93. The first-order valence-corrected chi connectivity index (χ1v) is 4.95. The first kappa shape index (κ1) is 10.4. The van der Waals surface area contributed by atoms with E-state index in [1.807, 2.05) is 24.3 Å². The smallest absolute Gasteiger partial charge is 0.373 e. The Kier molecular flexibility index (Phi) is 2.68. The molecule has 1 aromatic heterocycles. The van der Waals surface area contributed by atoms with Gasteiger partial charge in [-0.2, -0.15) is 5.10 Å². The van der Waals surface area contributed by atoms with Crippen LogP contribution in [0.5, 0.6) is 0 Å². The maximum atomic E-state index is 10.6. The molecule has 2 N–H and O–H groups in total. The fraction of sp³-hybridized carbons (Fsp3) is 0.182. The quantitative estimate of drug-likeness (QED) is 0.820. The molecule has 0 aliphatic rings. The fourth-order valence-electron chi connectivity index (χ4n) is 1.38. The topological polar surface area (TPSA) is 78.9 Å². The number of hydrogen-bond donors (Lipinski definition) is 2. The van der Waals surface area contributed by atoms with E-state index in [1.54, 1.807) is 0 Å². The van der Waals surface area contributed by atoms with Gasteiger partial charge in [-0.3, -0.25) is 5.10 Å². The van der Waals surface area contributed by atoms with E-state index in [1.165, 1.54) is 5.56 Å². The second kappa shape index (κ2) is 4.14. The molecule has 0 saturated carbocycles. The molecule has 2 rings (SSSR count). The van der Waals surface area contributed by atoms with Gasteiger partial charge in [-0.15, -0.1) is 0 Å². The Morgan fingerprint density at radius 2 is 2.06 bits per heavy atom. The predicted molar refractivity (Wildman–Crippen MR) is 58.2 cm³/mol. The first-order chi connectivity index (χ1) is 7.70. The van der Waals surface area contributed by atoms with Gasteiger partial charge in [0.05, 0.1) is 0 Å². The van der Waals surface area contributed by atoms with Crippen molar-refractivity contribution in [3.63, 3.8) is 0 Å². The summed E-state index contributed by atoms with van der Waals surface area (Å²) in [5.74, 6) is -0.849. The van der Waals surface area contributed by atoms with Crippen LogP contribution in [0.25, 0.3) is 11.4 Å². The number of aromatic nitrogens is 3. The highest BCUT2D eigenvalue weighted by Crippen LogP contribution is 2.15. The molecule has 0 aliphatic heterocycles. The summed E-state index contributed by atoms with van der Waals surface area (Å²) in [6, 6.07) is 7.72. The van der Waals surface area contributed by atoms with Gasteiger partial charge < -0.3 is 5.11 Å². The van der Waals surface area contributed by atoms with E-state index in [9.17, 15) is 4.79 Å². The lowest BCUT2D eigenvalue weighted by atomic mass is 10.1. The van der Waals surface area contributed by atoms with Crippen LogP contribution in [0.2, 0.25) is 0 Å². The van der Waals surface area contributed by atoms with Gasteiger partial charge in [0.1, 0.15) is 0 Å². The minimum atomic E-state index is -1.11. The molecule has 0 unspecified atom stereocenters. The fourth-order valence-corrected chi connectivity index (χ4v) is 1.38. The van der Waals surface area contributed by atoms with E-state index >= 15 is 0 Å². The number of benzene rings is 1. The molecule has 0 aliphatic carbocycles. The van der Waals surface area contributed by atoms with Crippen LogP contribution in [0, 0.1) is 0 Å². The number of nitrogens with zero attached hydrogens (tertiary/aromatic N) is 2. The number of rotatable bonds is 3. The summed E-state index contributed by atoms with van der Waals surface area (Å²) < 4.78 is 0. The number of H-pyrrole nitrogens is 1. The summed E-state index contributed by atoms with van der Waals surface area (Å²) in [5, 5.41) is 14.9. The zero-order valence-electron chi connectivity index (χ0n) is 8.77. The Balaban J connectivity index is 2.31. The highest BCUT2D eigenvalue weighted by Gasteiger charge is 2.10. The van der Waals surface area contributed by atoms with Crippen molar-refractivity contribution in [3.05, 3.63) is 35.7 Å². The van der Waals surface area contributed by atoms with Crippen LogP contribution in [0.1, 0.15) is 23.1 Å². The van der Waals surface area contributed by atoms with Gasteiger partial charge in [-0.05, 0) is 12.0 Å². The van der Waals surface area contributed by atoms with Crippen molar-refractivity contribution >= 4 is 5.97 Å². The third-order valence-electron chi connectivity index (χ3n) is 2.31. The lowest BCUT2D eigenvalue weighted by molar-refractivity contribution is 0.0684. The minimum Gasteiger partial charge on any atom is -0.475 e. The molecule has 2 aromatic rings. The number of nitrogens with one attached hydrogen (secondary N) is 1. The van der Waals surface area contributed by atoms with Crippen LogP contribution in [0.15, 0.2) is 24.3 Å². The van der Waals surface area contributed by atoms with E-state index in [0.29, 0.717) is 5.82 Å². The summed E-state index contributed by atoms with van der Waals surface area (Å²) in [4.78, 5) is 14.5. The molecule has 0 amide bonds. The van der Waals surface area contributed by atoms with E-state index in [4.69, 9.17) is 5.11 Å². The van der Waals surface area contributed by atoms with Crippen LogP contribution >= 0.6 is 0 Å². The lowest BCUT2D eigenvalue weighted by Gasteiger charge is -1.97. The molecule has 5 nitrogen and oxygen atoms in total. The van der Waals surface area contributed by atoms with Crippen LogP contribution in [0.3, 0.4) is 0 Å². The second-order valence-electron chi connectivity index (χ2n) is 3.36. The van der Waals surface area contributed by atoms with Gasteiger partial charge in [0.2, 0.25) is 5.82 Å². The summed E-state index contributed by atoms with van der Waals surface area (Å²) in [6.07, 6.45) is 0.967. The second-order valence-corrected chi connectivity index (χ2v) is 3.36. The van der Waals surface area contributed by atoms with Crippen LogP contribution in [-0.2, 0) is 6.42 Å². The van der Waals surface area contributed by atoms with Crippen molar-refractivity contribution < 1.29 is 9.90 Å². The standard InChI is InChI=1S/C11H11N3O2/c1-2-7-3-5-8(6-4-7)9-12-10(11(15)16)14-13-9/h3-6H,2H2,1H3,(H,15,16)(H,12,13,14). The number of carboxylic acids is 1. The summed E-state index contributed by atoms with van der Waals surface area (Å²) >= 11 is 0.